The Bertz CT molecular complexity index is 495. The molecule has 2 fully saturated rings. The largest absolute Gasteiger partial charge is 0.495 e. The first kappa shape index (κ1) is 13.3. The molecule has 0 radical (unpaired) electrons. The van der Waals surface area contributed by atoms with Crippen molar-refractivity contribution < 1.29 is 9.53 Å². The van der Waals surface area contributed by atoms with Crippen LogP contribution in [0, 0.1) is 11.8 Å². The van der Waals surface area contributed by atoms with Gasteiger partial charge in [-0.05, 0) is 55.7 Å². The SMILES string of the molecule is COc1ccc(NC(C)=O)cc1NC(C1CC1)C1CC1. The Balaban J connectivity index is 1.79. The molecule has 0 spiro atoms. The van der Waals surface area contributed by atoms with E-state index >= 15 is 0 Å². The topological polar surface area (TPSA) is 50.4 Å². The molecule has 1 aromatic carbocycles. The standard InChI is InChI=1S/C16H22N2O2/c1-10(19)17-13-7-8-15(20-2)14(9-13)18-16(11-3-4-11)12-5-6-12/h7-9,11-12,16,18H,3-6H2,1-2H3,(H,17,19). The van der Waals surface area contributed by atoms with E-state index in [1.165, 1.54) is 32.6 Å². The molecule has 1 aromatic rings. The van der Waals surface area contributed by atoms with Gasteiger partial charge in [0, 0.05) is 18.7 Å². The van der Waals surface area contributed by atoms with Crippen LogP contribution in [-0.2, 0) is 4.79 Å². The summed E-state index contributed by atoms with van der Waals surface area (Å²) in [5, 5.41) is 6.48. The van der Waals surface area contributed by atoms with Gasteiger partial charge in [0.15, 0.2) is 0 Å². The Kier molecular flexibility index (Phi) is 3.55. The minimum atomic E-state index is -0.0537. The van der Waals surface area contributed by atoms with E-state index in [9.17, 15) is 4.79 Å². The summed E-state index contributed by atoms with van der Waals surface area (Å²) >= 11 is 0. The lowest BCUT2D eigenvalue weighted by molar-refractivity contribution is -0.114. The predicted octanol–water partition coefficient (Wildman–Crippen LogP) is 3.25. The number of benzene rings is 1. The van der Waals surface area contributed by atoms with E-state index in [0.29, 0.717) is 6.04 Å². The fourth-order valence-corrected chi connectivity index (χ4v) is 2.81. The van der Waals surface area contributed by atoms with Crippen molar-refractivity contribution in [3.8, 4) is 5.75 Å². The first-order chi connectivity index (χ1) is 9.67. The van der Waals surface area contributed by atoms with Gasteiger partial charge in [0.25, 0.3) is 0 Å². The number of nitrogens with one attached hydrogen (secondary N) is 2. The van der Waals surface area contributed by atoms with Crippen LogP contribution in [0.15, 0.2) is 18.2 Å². The summed E-state index contributed by atoms with van der Waals surface area (Å²) in [4.78, 5) is 11.2. The summed E-state index contributed by atoms with van der Waals surface area (Å²) in [6.45, 7) is 1.52. The van der Waals surface area contributed by atoms with Gasteiger partial charge in [-0.15, -0.1) is 0 Å². The molecule has 0 unspecified atom stereocenters. The zero-order valence-corrected chi connectivity index (χ0v) is 12.1. The molecule has 0 saturated heterocycles. The van der Waals surface area contributed by atoms with Crippen molar-refractivity contribution in [2.45, 2.75) is 38.6 Å². The Labute approximate surface area is 119 Å². The fraction of sp³-hybridized carbons (Fsp3) is 0.562. The van der Waals surface area contributed by atoms with Crippen LogP contribution in [0.1, 0.15) is 32.6 Å². The van der Waals surface area contributed by atoms with E-state index in [0.717, 1.165) is 29.0 Å². The van der Waals surface area contributed by atoms with Crippen LogP contribution in [0.4, 0.5) is 11.4 Å². The van der Waals surface area contributed by atoms with Gasteiger partial charge in [0.2, 0.25) is 5.91 Å². The van der Waals surface area contributed by atoms with Crippen LogP contribution in [0.25, 0.3) is 0 Å². The Morgan fingerprint density at radius 3 is 2.40 bits per heavy atom. The van der Waals surface area contributed by atoms with E-state index in [2.05, 4.69) is 10.6 Å². The fourth-order valence-electron chi connectivity index (χ4n) is 2.81. The van der Waals surface area contributed by atoms with Crippen molar-refractivity contribution in [3.63, 3.8) is 0 Å². The second-order valence-electron chi connectivity index (χ2n) is 5.94. The van der Waals surface area contributed by atoms with Gasteiger partial charge >= 0.3 is 0 Å². The lowest BCUT2D eigenvalue weighted by Gasteiger charge is -2.21. The molecule has 0 atom stereocenters. The van der Waals surface area contributed by atoms with E-state index in [-0.39, 0.29) is 5.91 Å². The van der Waals surface area contributed by atoms with Crippen LogP contribution in [0.2, 0.25) is 0 Å². The van der Waals surface area contributed by atoms with E-state index in [1.807, 2.05) is 18.2 Å². The van der Waals surface area contributed by atoms with Crippen molar-refractivity contribution in [2.24, 2.45) is 11.8 Å². The van der Waals surface area contributed by atoms with Crippen molar-refractivity contribution in [1.82, 2.24) is 0 Å². The number of methoxy groups -OCH3 is 1. The molecule has 0 aromatic heterocycles. The third-order valence-electron chi connectivity index (χ3n) is 4.10. The number of rotatable bonds is 6. The second-order valence-corrected chi connectivity index (χ2v) is 5.94. The Hall–Kier alpha value is -1.71. The molecule has 2 aliphatic carbocycles. The Morgan fingerprint density at radius 1 is 1.25 bits per heavy atom. The summed E-state index contributed by atoms with van der Waals surface area (Å²) in [6, 6.07) is 6.31. The molecule has 4 nitrogen and oxygen atoms in total. The van der Waals surface area contributed by atoms with Gasteiger partial charge in [0.05, 0.1) is 12.8 Å². The highest BCUT2D eigenvalue weighted by molar-refractivity contribution is 5.89. The minimum absolute atomic E-state index is 0.0537. The molecule has 1 amide bonds. The van der Waals surface area contributed by atoms with Crippen molar-refractivity contribution in [3.05, 3.63) is 18.2 Å². The number of carbonyl (C=O) groups excluding carboxylic acids is 1. The third kappa shape index (κ3) is 3.06. The average Bonchev–Trinajstić information content (AvgIpc) is 3.28. The smallest absolute Gasteiger partial charge is 0.221 e. The average molecular weight is 274 g/mol. The molecule has 2 aliphatic rings. The molecule has 0 bridgehead atoms. The van der Waals surface area contributed by atoms with E-state index in [1.54, 1.807) is 7.11 Å². The summed E-state index contributed by atoms with van der Waals surface area (Å²) in [6.07, 6.45) is 5.34. The zero-order chi connectivity index (χ0) is 14.1. The highest BCUT2D eigenvalue weighted by Crippen LogP contribution is 2.46. The van der Waals surface area contributed by atoms with Crippen molar-refractivity contribution in [2.75, 3.05) is 17.7 Å². The maximum absolute atomic E-state index is 11.2. The van der Waals surface area contributed by atoms with Crippen molar-refractivity contribution >= 4 is 17.3 Å². The van der Waals surface area contributed by atoms with Gasteiger partial charge in [-0.25, -0.2) is 0 Å². The molecule has 0 aliphatic heterocycles. The van der Waals surface area contributed by atoms with Gasteiger partial charge < -0.3 is 15.4 Å². The maximum Gasteiger partial charge on any atom is 0.221 e. The predicted molar refractivity (Wildman–Crippen MR) is 80.2 cm³/mol. The lowest BCUT2D eigenvalue weighted by atomic mass is 10.1. The molecular weight excluding hydrogens is 252 g/mol. The normalized spacial score (nSPS) is 17.9. The maximum atomic E-state index is 11.2. The number of carbonyl (C=O) groups is 1. The lowest BCUT2D eigenvalue weighted by Crippen LogP contribution is -2.24. The molecule has 20 heavy (non-hydrogen) atoms. The molecule has 0 heterocycles. The Morgan fingerprint density at radius 2 is 1.90 bits per heavy atom. The van der Waals surface area contributed by atoms with Crippen molar-refractivity contribution in [1.29, 1.82) is 0 Å². The highest BCUT2D eigenvalue weighted by Gasteiger charge is 2.41. The quantitative estimate of drug-likeness (QED) is 0.837. The number of amides is 1. The summed E-state index contributed by atoms with van der Waals surface area (Å²) in [5.41, 5.74) is 1.80. The summed E-state index contributed by atoms with van der Waals surface area (Å²) < 4.78 is 5.43. The van der Waals surface area contributed by atoms with E-state index in [4.69, 9.17) is 4.74 Å². The summed E-state index contributed by atoms with van der Waals surface area (Å²) in [7, 11) is 1.68. The van der Waals surface area contributed by atoms with Gasteiger partial charge in [-0.3, -0.25) is 4.79 Å². The number of anilines is 2. The zero-order valence-electron chi connectivity index (χ0n) is 12.1. The van der Waals surface area contributed by atoms with Gasteiger partial charge in [0.1, 0.15) is 5.75 Å². The number of hydrogen-bond acceptors (Lipinski definition) is 3. The van der Waals surface area contributed by atoms with Crippen LogP contribution >= 0.6 is 0 Å². The highest BCUT2D eigenvalue weighted by atomic mass is 16.5. The first-order valence-corrected chi connectivity index (χ1v) is 7.39. The second kappa shape index (κ2) is 5.35. The molecule has 2 N–H and O–H groups in total. The monoisotopic (exact) mass is 274 g/mol. The van der Waals surface area contributed by atoms with E-state index < -0.39 is 0 Å². The van der Waals surface area contributed by atoms with Crippen LogP contribution in [-0.4, -0.2) is 19.1 Å². The summed E-state index contributed by atoms with van der Waals surface area (Å²) in [5.74, 6) is 2.42. The van der Waals surface area contributed by atoms with Gasteiger partial charge in [-0.1, -0.05) is 0 Å². The first-order valence-electron chi connectivity index (χ1n) is 7.39. The molecule has 3 rings (SSSR count). The molecule has 108 valence electrons. The third-order valence-corrected chi connectivity index (χ3v) is 4.10. The molecular formula is C16H22N2O2. The van der Waals surface area contributed by atoms with Crippen LogP contribution in [0.3, 0.4) is 0 Å². The number of hydrogen-bond donors (Lipinski definition) is 2. The number of ether oxygens (including phenoxy) is 1. The minimum Gasteiger partial charge on any atom is -0.495 e. The van der Waals surface area contributed by atoms with Gasteiger partial charge in [-0.2, -0.15) is 0 Å². The van der Waals surface area contributed by atoms with Crippen LogP contribution < -0.4 is 15.4 Å². The van der Waals surface area contributed by atoms with Crippen LogP contribution in [0.5, 0.6) is 5.75 Å². The molecule has 2 saturated carbocycles. The molecule has 4 heteroatoms.